The average Bonchev–Trinajstić information content (AvgIpc) is 1.65. The van der Waals surface area contributed by atoms with Crippen LogP contribution in [-0.4, -0.2) is 56.6 Å². The van der Waals surface area contributed by atoms with Crippen LogP contribution < -0.4 is 0 Å². The van der Waals surface area contributed by atoms with Crippen molar-refractivity contribution in [2.24, 2.45) is 5.92 Å². The van der Waals surface area contributed by atoms with Crippen LogP contribution in [0.5, 0.6) is 0 Å². The molecule has 0 spiro atoms. The Bertz CT molecular complexity index is 72.8. The molecule has 0 heterocycles. The molecule has 0 fully saturated rings. The molecule has 0 saturated heterocycles. The normalized spacial score (nSPS) is 11.8. The van der Waals surface area contributed by atoms with Gasteiger partial charge in [-0.05, 0) is 6.42 Å². The van der Waals surface area contributed by atoms with E-state index in [1.54, 1.807) is 6.92 Å². The molecule has 0 aliphatic carbocycles. The molecule has 2 nitrogen and oxygen atoms in total. The minimum absolute atomic E-state index is 0. The van der Waals surface area contributed by atoms with E-state index in [2.05, 4.69) is 0 Å². The standard InChI is InChI=1S/C5H10O2.Sr/c1-3-4(2)5(6)7;/h4H,3H2,1-2H3,(H,6,7);. The number of carboxylic acid groups (broad SMARTS) is 1. The number of hydrogen-bond acceptors (Lipinski definition) is 1. The van der Waals surface area contributed by atoms with Crippen LogP contribution in [0.4, 0.5) is 0 Å². The maximum Gasteiger partial charge on any atom is 0.306 e. The van der Waals surface area contributed by atoms with Gasteiger partial charge >= 0.3 is 5.97 Å². The molecule has 1 N–H and O–H groups in total. The Morgan fingerprint density at radius 3 is 2.12 bits per heavy atom. The number of aliphatic carboxylic acids is 1. The van der Waals surface area contributed by atoms with Crippen LogP contribution in [0.1, 0.15) is 20.3 Å². The van der Waals surface area contributed by atoms with Gasteiger partial charge in [0.2, 0.25) is 0 Å². The molecule has 0 saturated carbocycles. The van der Waals surface area contributed by atoms with E-state index >= 15 is 0 Å². The molecular formula is C5H10O2Sr. The fraction of sp³-hybridized carbons (Fsp3) is 0.800. The van der Waals surface area contributed by atoms with E-state index in [1.165, 1.54) is 0 Å². The van der Waals surface area contributed by atoms with Gasteiger partial charge in [-0.15, -0.1) is 0 Å². The van der Waals surface area contributed by atoms with Crippen LogP contribution in [-0.2, 0) is 4.79 Å². The van der Waals surface area contributed by atoms with Crippen molar-refractivity contribution >= 4 is 51.5 Å². The molecule has 44 valence electrons. The third kappa shape index (κ3) is 5.09. The first-order valence-corrected chi connectivity index (χ1v) is 2.41. The molecule has 0 rings (SSSR count). The van der Waals surface area contributed by atoms with Gasteiger partial charge in [0.1, 0.15) is 0 Å². The first-order valence-electron chi connectivity index (χ1n) is 2.41. The van der Waals surface area contributed by atoms with Crippen LogP contribution in [0.2, 0.25) is 0 Å². The summed E-state index contributed by atoms with van der Waals surface area (Å²) in [5.41, 5.74) is 0. The third-order valence-electron chi connectivity index (χ3n) is 1.03. The van der Waals surface area contributed by atoms with E-state index < -0.39 is 5.97 Å². The van der Waals surface area contributed by atoms with Crippen molar-refractivity contribution in [2.45, 2.75) is 20.3 Å². The van der Waals surface area contributed by atoms with Crippen LogP contribution in [0, 0.1) is 5.92 Å². The Kier molecular flexibility index (Phi) is 8.90. The van der Waals surface area contributed by atoms with E-state index in [0.717, 1.165) is 6.42 Å². The van der Waals surface area contributed by atoms with Crippen molar-refractivity contribution in [1.82, 2.24) is 0 Å². The van der Waals surface area contributed by atoms with Crippen molar-refractivity contribution in [1.29, 1.82) is 0 Å². The molecule has 0 aromatic rings. The predicted molar refractivity (Wildman–Crippen MR) is 32.8 cm³/mol. The fourth-order valence-corrected chi connectivity index (χ4v) is 0.175. The molecule has 0 aromatic carbocycles. The van der Waals surface area contributed by atoms with E-state index in [1.807, 2.05) is 6.92 Å². The summed E-state index contributed by atoms with van der Waals surface area (Å²) in [6.07, 6.45) is 0.718. The molecule has 0 bridgehead atoms. The predicted octanol–water partition coefficient (Wildman–Crippen LogP) is 0.736. The number of hydrogen-bond donors (Lipinski definition) is 1. The van der Waals surface area contributed by atoms with Crippen LogP contribution >= 0.6 is 0 Å². The summed E-state index contributed by atoms with van der Waals surface area (Å²) in [4.78, 5) is 9.93. The largest absolute Gasteiger partial charge is 0.481 e. The van der Waals surface area contributed by atoms with Crippen LogP contribution in [0.15, 0.2) is 0 Å². The second-order valence-corrected chi connectivity index (χ2v) is 1.65. The summed E-state index contributed by atoms with van der Waals surface area (Å²) in [6, 6.07) is 0. The number of carboxylic acids is 1. The van der Waals surface area contributed by atoms with Gasteiger partial charge in [0.25, 0.3) is 0 Å². The summed E-state index contributed by atoms with van der Waals surface area (Å²) in [7, 11) is 0. The number of carbonyl (C=O) groups is 1. The molecule has 0 aliphatic rings. The molecule has 0 aromatic heterocycles. The minimum atomic E-state index is -0.706. The zero-order valence-electron chi connectivity index (χ0n) is 5.35. The first kappa shape index (κ1) is 11.7. The Morgan fingerprint density at radius 1 is 1.75 bits per heavy atom. The SMILES string of the molecule is CCC(C)C(=O)O.[Sr]. The topological polar surface area (TPSA) is 37.3 Å². The maximum absolute atomic E-state index is 9.93. The molecule has 2 radical (unpaired) electrons. The van der Waals surface area contributed by atoms with Gasteiger partial charge in [-0.1, -0.05) is 13.8 Å². The summed E-state index contributed by atoms with van der Waals surface area (Å²) in [5.74, 6) is -0.887. The van der Waals surface area contributed by atoms with Gasteiger partial charge in [0, 0.05) is 45.5 Å². The van der Waals surface area contributed by atoms with E-state index in [4.69, 9.17) is 5.11 Å². The van der Waals surface area contributed by atoms with Crippen molar-refractivity contribution in [2.75, 3.05) is 0 Å². The molecule has 0 aliphatic heterocycles. The molecule has 3 heteroatoms. The van der Waals surface area contributed by atoms with Gasteiger partial charge < -0.3 is 5.11 Å². The van der Waals surface area contributed by atoms with E-state index in [0.29, 0.717) is 0 Å². The molecule has 8 heavy (non-hydrogen) atoms. The van der Waals surface area contributed by atoms with Crippen molar-refractivity contribution in [3.63, 3.8) is 0 Å². The second kappa shape index (κ2) is 6.08. The summed E-state index contributed by atoms with van der Waals surface area (Å²) >= 11 is 0. The number of rotatable bonds is 2. The maximum atomic E-state index is 9.93. The molecular weight excluding hydrogens is 180 g/mol. The van der Waals surface area contributed by atoms with Gasteiger partial charge in [-0.25, -0.2) is 0 Å². The van der Waals surface area contributed by atoms with E-state index in [-0.39, 0.29) is 51.4 Å². The second-order valence-electron chi connectivity index (χ2n) is 1.65. The summed E-state index contributed by atoms with van der Waals surface area (Å²) in [5, 5.41) is 8.18. The zero-order chi connectivity index (χ0) is 5.86. The quantitative estimate of drug-likeness (QED) is 0.651. The average molecular weight is 190 g/mol. The monoisotopic (exact) mass is 190 g/mol. The van der Waals surface area contributed by atoms with Crippen molar-refractivity contribution in [3.8, 4) is 0 Å². The van der Waals surface area contributed by atoms with Crippen molar-refractivity contribution in [3.05, 3.63) is 0 Å². The Hall–Kier alpha value is 0.951. The van der Waals surface area contributed by atoms with Gasteiger partial charge in [-0.3, -0.25) is 4.79 Å². The van der Waals surface area contributed by atoms with Crippen LogP contribution in [0.25, 0.3) is 0 Å². The molecule has 1 unspecified atom stereocenters. The van der Waals surface area contributed by atoms with Gasteiger partial charge in [0.15, 0.2) is 0 Å². The molecule has 0 amide bonds. The van der Waals surface area contributed by atoms with Crippen LogP contribution in [0.3, 0.4) is 0 Å². The first-order chi connectivity index (χ1) is 3.18. The van der Waals surface area contributed by atoms with Crippen molar-refractivity contribution < 1.29 is 9.90 Å². The smallest absolute Gasteiger partial charge is 0.306 e. The third-order valence-corrected chi connectivity index (χ3v) is 1.03. The Balaban J connectivity index is 0. The minimum Gasteiger partial charge on any atom is -0.481 e. The summed E-state index contributed by atoms with van der Waals surface area (Å²) < 4.78 is 0. The van der Waals surface area contributed by atoms with Gasteiger partial charge in [-0.2, -0.15) is 0 Å². The zero-order valence-corrected chi connectivity index (χ0v) is 8.82. The van der Waals surface area contributed by atoms with Gasteiger partial charge in [0.05, 0.1) is 5.92 Å². The Morgan fingerprint density at radius 2 is 2.12 bits per heavy atom. The summed E-state index contributed by atoms with van der Waals surface area (Å²) in [6.45, 7) is 3.56. The fourth-order valence-electron chi connectivity index (χ4n) is 0.175. The van der Waals surface area contributed by atoms with E-state index in [9.17, 15) is 4.79 Å². The Labute approximate surface area is 86.5 Å². The molecule has 1 atom stereocenters.